The second-order valence-corrected chi connectivity index (χ2v) is 6.63. The predicted molar refractivity (Wildman–Crippen MR) is 80.1 cm³/mol. The van der Waals surface area contributed by atoms with Crippen LogP contribution in [0.2, 0.25) is 0 Å². The summed E-state index contributed by atoms with van der Waals surface area (Å²) in [6, 6.07) is -0.126. The van der Waals surface area contributed by atoms with Crippen molar-refractivity contribution in [1.29, 1.82) is 0 Å². The maximum atomic E-state index is 12.1. The van der Waals surface area contributed by atoms with E-state index in [1.807, 2.05) is 6.92 Å². The summed E-state index contributed by atoms with van der Waals surface area (Å²) in [4.78, 5) is 27.3. The van der Waals surface area contributed by atoms with Gasteiger partial charge in [0.25, 0.3) is 0 Å². The normalized spacial score (nSPS) is 27.8. The smallest absolute Gasteiger partial charge is 0.317 e. The average molecular weight is 297 g/mol. The molecule has 0 aromatic heterocycles. The second-order valence-electron chi connectivity index (χ2n) is 6.63. The third kappa shape index (κ3) is 4.33. The van der Waals surface area contributed by atoms with E-state index in [1.54, 1.807) is 4.90 Å². The molecule has 2 N–H and O–H groups in total. The highest BCUT2D eigenvalue weighted by atomic mass is 16.4. The number of likely N-dealkylation sites (tertiary alicyclic amines) is 2. The summed E-state index contributed by atoms with van der Waals surface area (Å²) in [5.74, 6) is -0.796. The number of hydrogen-bond acceptors (Lipinski definition) is 3. The van der Waals surface area contributed by atoms with Crippen LogP contribution in [-0.4, -0.2) is 66.2 Å². The van der Waals surface area contributed by atoms with Gasteiger partial charge in [-0.15, -0.1) is 0 Å². The monoisotopic (exact) mass is 297 g/mol. The van der Waals surface area contributed by atoms with E-state index < -0.39 is 11.9 Å². The molecule has 2 aliphatic heterocycles. The van der Waals surface area contributed by atoms with E-state index in [4.69, 9.17) is 5.11 Å². The van der Waals surface area contributed by atoms with E-state index >= 15 is 0 Å². The number of rotatable bonds is 5. The van der Waals surface area contributed by atoms with Gasteiger partial charge in [-0.05, 0) is 37.8 Å². The van der Waals surface area contributed by atoms with Gasteiger partial charge in [0.2, 0.25) is 0 Å². The Balaban J connectivity index is 1.70. The molecule has 120 valence electrons. The summed E-state index contributed by atoms with van der Waals surface area (Å²) in [5.41, 5.74) is 0. The van der Waals surface area contributed by atoms with Crippen molar-refractivity contribution in [2.24, 2.45) is 17.8 Å². The minimum Gasteiger partial charge on any atom is -0.481 e. The van der Waals surface area contributed by atoms with Crippen molar-refractivity contribution in [3.8, 4) is 0 Å². The molecule has 1 unspecified atom stereocenters. The van der Waals surface area contributed by atoms with Crippen LogP contribution in [0.15, 0.2) is 0 Å². The van der Waals surface area contributed by atoms with E-state index in [0.29, 0.717) is 25.6 Å². The van der Waals surface area contributed by atoms with Crippen LogP contribution in [0.3, 0.4) is 0 Å². The molecule has 2 rings (SSSR count). The molecule has 2 aliphatic rings. The second kappa shape index (κ2) is 7.11. The molecule has 0 spiro atoms. The predicted octanol–water partition coefficient (Wildman–Crippen LogP) is 1.08. The first-order valence-corrected chi connectivity index (χ1v) is 7.95. The van der Waals surface area contributed by atoms with Crippen molar-refractivity contribution in [1.82, 2.24) is 15.1 Å². The highest BCUT2D eigenvalue weighted by molar-refractivity contribution is 5.77. The van der Waals surface area contributed by atoms with Gasteiger partial charge in [0.15, 0.2) is 0 Å². The lowest BCUT2D eigenvalue weighted by atomic mass is 9.99. The van der Waals surface area contributed by atoms with Crippen LogP contribution in [-0.2, 0) is 4.79 Å². The van der Waals surface area contributed by atoms with Crippen LogP contribution in [0.4, 0.5) is 4.79 Å². The number of hydrogen-bond donors (Lipinski definition) is 2. The number of nitrogens with zero attached hydrogens (tertiary/aromatic N) is 2. The lowest BCUT2D eigenvalue weighted by molar-refractivity contribution is -0.142. The number of carbonyl (C=O) groups is 2. The first-order chi connectivity index (χ1) is 9.97. The number of carboxylic acid groups (broad SMARTS) is 1. The van der Waals surface area contributed by atoms with E-state index in [0.717, 1.165) is 6.54 Å². The number of nitrogens with one attached hydrogen (secondary N) is 1. The molecular formula is C15H27N3O3. The molecule has 0 saturated carbocycles. The fourth-order valence-electron chi connectivity index (χ4n) is 3.30. The lowest BCUT2D eigenvalue weighted by Gasteiger charge is -2.22. The topological polar surface area (TPSA) is 72.9 Å². The molecule has 2 heterocycles. The summed E-state index contributed by atoms with van der Waals surface area (Å²) in [7, 11) is 0. The van der Waals surface area contributed by atoms with E-state index in [2.05, 4.69) is 17.1 Å². The van der Waals surface area contributed by atoms with Gasteiger partial charge in [0.1, 0.15) is 0 Å². The van der Waals surface area contributed by atoms with Crippen molar-refractivity contribution in [2.45, 2.75) is 26.7 Å². The van der Waals surface area contributed by atoms with Crippen molar-refractivity contribution in [3.05, 3.63) is 0 Å². The largest absolute Gasteiger partial charge is 0.481 e. The first kappa shape index (κ1) is 16.1. The summed E-state index contributed by atoms with van der Waals surface area (Å²) >= 11 is 0. The van der Waals surface area contributed by atoms with Gasteiger partial charge in [0, 0.05) is 26.2 Å². The zero-order valence-electron chi connectivity index (χ0n) is 13.0. The Bertz CT molecular complexity index is 382. The Morgan fingerprint density at radius 1 is 1.29 bits per heavy atom. The number of carbonyl (C=O) groups excluding carboxylic acids is 1. The van der Waals surface area contributed by atoms with Gasteiger partial charge in [-0.1, -0.05) is 13.8 Å². The van der Waals surface area contributed by atoms with Gasteiger partial charge in [0.05, 0.1) is 5.92 Å². The maximum absolute atomic E-state index is 12.1. The highest BCUT2D eigenvalue weighted by Gasteiger charge is 2.36. The molecule has 3 atom stereocenters. The molecule has 0 bridgehead atoms. The molecule has 0 radical (unpaired) electrons. The quantitative estimate of drug-likeness (QED) is 0.796. The third-order valence-corrected chi connectivity index (χ3v) is 4.59. The van der Waals surface area contributed by atoms with Crippen LogP contribution >= 0.6 is 0 Å². The summed E-state index contributed by atoms with van der Waals surface area (Å²) in [6.07, 6.45) is 2.56. The average Bonchev–Trinajstić information content (AvgIpc) is 3.05. The standard InChI is InChI=1S/C15H27N3O3/c1-11(8-17-5-3-4-6-17)7-16-15(21)18-9-12(2)13(10-18)14(19)20/h11-13H,3-10H2,1-2H3,(H,16,21)(H,19,20)/t11?,12-,13-/m1/s1. The molecule has 21 heavy (non-hydrogen) atoms. The van der Waals surface area contributed by atoms with Gasteiger partial charge < -0.3 is 20.2 Å². The fourth-order valence-corrected chi connectivity index (χ4v) is 3.30. The molecule has 6 nitrogen and oxygen atoms in total. The number of amides is 2. The minimum absolute atomic E-state index is 0.0234. The molecule has 2 amide bonds. The molecule has 0 aromatic rings. The van der Waals surface area contributed by atoms with Crippen LogP contribution in [0.5, 0.6) is 0 Å². The summed E-state index contributed by atoms with van der Waals surface area (Å²) in [5, 5.41) is 12.0. The van der Waals surface area contributed by atoms with Gasteiger partial charge in [-0.25, -0.2) is 4.79 Å². The van der Waals surface area contributed by atoms with Crippen molar-refractivity contribution in [3.63, 3.8) is 0 Å². The lowest BCUT2D eigenvalue weighted by Crippen LogP contribution is -2.42. The van der Waals surface area contributed by atoms with Gasteiger partial charge in [-0.2, -0.15) is 0 Å². The van der Waals surface area contributed by atoms with E-state index in [-0.39, 0.29) is 11.9 Å². The molecule has 0 aliphatic carbocycles. The zero-order valence-corrected chi connectivity index (χ0v) is 13.0. The zero-order chi connectivity index (χ0) is 15.4. The maximum Gasteiger partial charge on any atom is 0.317 e. The fraction of sp³-hybridized carbons (Fsp3) is 0.867. The third-order valence-electron chi connectivity index (χ3n) is 4.59. The summed E-state index contributed by atoms with van der Waals surface area (Å²) in [6.45, 7) is 8.90. The Morgan fingerprint density at radius 3 is 2.52 bits per heavy atom. The van der Waals surface area contributed by atoms with Crippen molar-refractivity contribution >= 4 is 12.0 Å². The van der Waals surface area contributed by atoms with Crippen molar-refractivity contribution in [2.75, 3.05) is 39.3 Å². The number of urea groups is 1. The Kier molecular flexibility index (Phi) is 5.45. The SMILES string of the molecule is CC(CNC(=O)N1C[C@@H](C)[C@H](C(=O)O)C1)CN1CCCC1. The van der Waals surface area contributed by atoms with Gasteiger partial charge >= 0.3 is 12.0 Å². The van der Waals surface area contributed by atoms with Crippen molar-refractivity contribution < 1.29 is 14.7 Å². The van der Waals surface area contributed by atoms with Crippen LogP contribution < -0.4 is 5.32 Å². The molecule has 2 fully saturated rings. The van der Waals surface area contributed by atoms with Crippen LogP contribution in [0.25, 0.3) is 0 Å². The minimum atomic E-state index is -0.805. The van der Waals surface area contributed by atoms with E-state index in [1.165, 1.54) is 25.9 Å². The van der Waals surface area contributed by atoms with Crippen LogP contribution in [0, 0.1) is 17.8 Å². The molecule has 6 heteroatoms. The first-order valence-electron chi connectivity index (χ1n) is 7.95. The molecular weight excluding hydrogens is 270 g/mol. The van der Waals surface area contributed by atoms with Crippen LogP contribution in [0.1, 0.15) is 26.7 Å². The summed E-state index contributed by atoms with van der Waals surface area (Å²) < 4.78 is 0. The number of carboxylic acids is 1. The number of aliphatic carboxylic acids is 1. The van der Waals surface area contributed by atoms with E-state index in [9.17, 15) is 9.59 Å². The van der Waals surface area contributed by atoms with Gasteiger partial charge in [-0.3, -0.25) is 4.79 Å². The molecule has 2 saturated heterocycles. The Hall–Kier alpha value is -1.30. The Labute approximate surface area is 126 Å². The molecule has 0 aromatic carbocycles. The Morgan fingerprint density at radius 2 is 1.95 bits per heavy atom. The highest BCUT2D eigenvalue weighted by Crippen LogP contribution is 2.23.